The maximum atomic E-state index is 13.3. The Morgan fingerprint density at radius 2 is 0.561 bits per heavy atom. The number of ether oxygens (including phenoxy) is 4. The molecule has 0 spiro atoms. The number of aliphatic imine (C=N–C) groups is 1. The van der Waals surface area contributed by atoms with Gasteiger partial charge < -0.3 is 80.7 Å². The number of carboxylic acids is 4. The van der Waals surface area contributed by atoms with Crippen LogP contribution >= 0.6 is 92.8 Å². The summed E-state index contributed by atoms with van der Waals surface area (Å²) >= 11 is 48.2. The number of nitrogens with one attached hydrogen (secondary N) is 7. The molecule has 3 aliphatic rings. The van der Waals surface area contributed by atoms with Gasteiger partial charge in [0.05, 0.1) is 26.6 Å². The van der Waals surface area contributed by atoms with Crippen LogP contribution in [0.5, 0.6) is 23.0 Å². The number of pyridine rings is 4. The Hall–Kier alpha value is -15.6. The van der Waals surface area contributed by atoms with Gasteiger partial charge in [0.1, 0.15) is 63.8 Å². The average molecular weight is 2170 g/mol. The number of aromatic nitrogens is 4. The quantitative estimate of drug-likeness (QED) is 0.00987. The Morgan fingerprint density at radius 3 is 0.791 bits per heavy atom. The Balaban J connectivity index is 0.000000175. The zero-order chi connectivity index (χ0) is 107. The number of likely N-dealkylation sites (N-methyl/N-ethyl adjacent to an activating group) is 1. The summed E-state index contributed by atoms with van der Waals surface area (Å²) in [4.78, 5) is 177. The van der Waals surface area contributed by atoms with E-state index in [4.69, 9.17) is 148 Å². The van der Waals surface area contributed by atoms with Crippen LogP contribution in [0.4, 0.5) is 23.3 Å². The number of anilines is 4. The van der Waals surface area contributed by atoms with E-state index in [0.717, 1.165) is 82.8 Å². The number of carbonyl (C=O) groups excluding carboxylic acids is 8. The van der Waals surface area contributed by atoms with Crippen LogP contribution in [0.15, 0.2) is 224 Å². The fraction of sp³-hybridized carbons (Fsp3) is 0.200. The van der Waals surface area contributed by atoms with Gasteiger partial charge in [0.25, 0.3) is 23.6 Å². The van der Waals surface area contributed by atoms with Crippen molar-refractivity contribution in [2.24, 2.45) is 4.99 Å². The molecule has 43 heteroatoms. The van der Waals surface area contributed by atoms with Crippen molar-refractivity contribution in [3.8, 4) is 23.0 Å². The molecule has 12 aromatic rings. The highest BCUT2D eigenvalue weighted by Gasteiger charge is 2.30. The maximum Gasteiger partial charge on any atom is 0.341 e. The molecule has 7 heterocycles. The molecule has 15 rings (SSSR count). The number of halogens is 8. The summed E-state index contributed by atoms with van der Waals surface area (Å²) in [6.45, 7) is 3.82. The second-order valence-corrected chi connectivity index (χ2v) is 36.6. The average Bonchev–Trinajstić information content (AvgIpc) is 0.829. The molecule has 3 aliphatic heterocycles. The number of Topliss-reactive ketones (excluding diaryl/α,β-unsaturated/α-hetero) is 4. The summed E-state index contributed by atoms with van der Waals surface area (Å²) in [5.74, 6) is -5.99. The van der Waals surface area contributed by atoms with Crippen LogP contribution in [0.1, 0.15) is 166 Å². The van der Waals surface area contributed by atoms with Crippen LogP contribution < -0.4 is 40.2 Å². The standard InChI is InChI=1S/C28H26Cl2N4O5.C27H24Cl2N4O5.C26H22Cl2N4O5.C24H19Cl2N3O5/c29-19-8-9-25(32-15-19)33-28(38)22-12-20(30)13-24(39-16-26(36)37)21(22)14-23(35)17-4-6-18(7-5-17)27(31)34-10-2-1-3-11-34;28-18-7-8-24(31-14-18)32-27(37)21-11-19(29)12-23(38-15-25(35)36)20(21)13-22(34)16-3-5-17(6-4-16)26(30)33-9-1-2-10-33;1-32-9-8-29-25(32)16-4-2-15(3-5-16)21(33)12-19-20(10-18(28)11-22(19)37-14-24(34)35)26(36)31-23-7-6-17(27)13-30-23;1-13(27)14-2-4-15(5-3-14)20(30)10-18-19(8-17(26)9-21(18)34-12-23(31)32)24(33)29-22-7-6-16(25)11-28-22/h4-9,12-13,15,31H,1-3,10-11,14,16H2,(H,36,37)(H,32,33,38);3-8,11-12,14,30H,1-2,9-10,13,15H2,(H,35,36)(H,31,32,37);2-7,10-11,13H,8-9,12,14H2,1H3,(H,34,35)(H,30,31,36);2-9,11,27H,10,12H2,1H3,(H,31,32)(H,28,29,33). The molecular formula is C105H91Cl8N15O20. The third-order valence-corrected chi connectivity index (χ3v) is 24.3. The number of aliphatic carboxylic acids is 4. The molecule has 0 unspecified atom stereocenters. The minimum Gasteiger partial charge on any atom is -0.482 e. The van der Waals surface area contributed by atoms with Gasteiger partial charge in [-0.25, -0.2) is 39.1 Å². The lowest BCUT2D eigenvalue weighted by molar-refractivity contribution is -0.140. The molecule has 35 nitrogen and oxygen atoms in total. The first-order valence-corrected chi connectivity index (χ1v) is 48.2. The van der Waals surface area contributed by atoms with Crippen LogP contribution in [0, 0.1) is 16.2 Å². The number of hydrogen-bond acceptors (Lipinski definition) is 25. The van der Waals surface area contributed by atoms with Crippen LogP contribution in [0.25, 0.3) is 0 Å². The van der Waals surface area contributed by atoms with E-state index in [9.17, 15) is 57.5 Å². The lowest BCUT2D eigenvalue weighted by Crippen LogP contribution is -2.35. The predicted molar refractivity (Wildman–Crippen MR) is 561 cm³/mol. The number of hydrogen-bond donors (Lipinski definition) is 11. The largest absolute Gasteiger partial charge is 0.482 e. The van der Waals surface area contributed by atoms with Gasteiger partial charge in [0.2, 0.25) is 0 Å². The van der Waals surface area contributed by atoms with E-state index in [0.29, 0.717) is 76.4 Å². The van der Waals surface area contributed by atoms with Gasteiger partial charge >= 0.3 is 23.9 Å². The molecule has 0 bridgehead atoms. The van der Waals surface area contributed by atoms with E-state index in [1.807, 2.05) is 33.9 Å². The van der Waals surface area contributed by atoms with Crippen LogP contribution in [0.3, 0.4) is 0 Å². The molecule has 11 N–H and O–H groups in total. The van der Waals surface area contributed by atoms with Crippen molar-refractivity contribution in [3.63, 3.8) is 0 Å². The van der Waals surface area contributed by atoms with Gasteiger partial charge in [0.15, 0.2) is 49.6 Å². The van der Waals surface area contributed by atoms with Crippen LogP contribution in [0.2, 0.25) is 40.2 Å². The maximum absolute atomic E-state index is 13.3. The van der Waals surface area contributed by atoms with Gasteiger partial charge in [0, 0.05) is 199 Å². The molecule has 4 aromatic heterocycles. The van der Waals surface area contributed by atoms with Crippen molar-refractivity contribution >= 4 is 210 Å². The monoisotopic (exact) mass is 2160 g/mol. The minimum absolute atomic E-state index is 0.00409. The van der Waals surface area contributed by atoms with Crippen molar-refractivity contribution in [1.29, 1.82) is 16.2 Å². The highest BCUT2D eigenvalue weighted by molar-refractivity contribution is 6.34. The van der Waals surface area contributed by atoms with E-state index in [1.165, 1.54) is 97.6 Å². The Morgan fingerprint density at radius 1 is 0.318 bits per heavy atom. The van der Waals surface area contributed by atoms with Gasteiger partial charge in [-0.3, -0.25) is 54.2 Å². The zero-order valence-corrected chi connectivity index (χ0v) is 84.7. The summed E-state index contributed by atoms with van der Waals surface area (Å²) in [6.07, 6.45) is 9.84. The zero-order valence-electron chi connectivity index (χ0n) is 78.6. The number of rotatable bonds is 36. The third-order valence-electron chi connectivity index (χ3n) is 22.5. The minimum atomic E-state index is -1.23. The smallest absolute Gasteiger partial charge is 0.341 e. The SMILES string of the molecule is CC(=N)c1ccc(C(=O)Cc2c(OCC(=O)O)cc(Cl)cc2C(=O)Nc2ccc(Cl)cn2)cc1.CN1CCN=C1c1ccc(C(=O)Cc2c(OCC(=O)O)cc(Cl)cc2C(=O)Nc2ccc(Cl)cn2)cc1.N=C(c1ccc(C(=O)Cc2c(OCC(=O)O)cc(Cl)cc2C(=O)Nc2ccc(Cl)cn2)cc1)N1CCCC1.N=C(c1ccc(C(=O)Cc2c(OCC(=O)O)cc(Cl)cc2C(=O)Nc2ccc(Cl)cn2)cc1)N1CCCCC1. The normalized spacial score (nSPS) is 12.3. The highest BCUT2D eigenvalue weighted by atomic mass is 35.5. The Bertz CT molecular complexity index is 7070. The molecule has 762 valence electrons. The number of carbonyl (C=O) groups is 12. The second kappa shape index (κ2) is 53.0. The number of amides is 4. The topological polar surface area (TPSA) is 516 Å². The Kier molecular flexibility index (Phi) is 39.8. The van der Waals surface area contributed by atoms with Crippen molar-refractivity contribution in [2.75, 3.05) is 94.0 Å². The Labute approximate surface area is 886 Å². The summed E-state index contributed by atoms with van der Waals surface area (Å²) in [6, 6.07) is 50.2. The van der Waals surface area contributed by atoms with E-state index in [2.05, 4.69) is 46.2 Å². The van der Waals surface area contributed by atoms with Gasteiger partial charge in [-0.05, 0) is 142 Å². The predicted octanol–water partition coefficient (Wildman–Crippen LogP) is 19.4. The second-order valence-electron chi connectivity index (χ2n) is 33.1. The lowest BCUT2D eigenvalue weighted by atomic mass is 9.96. The summed E-state index contributed by atoms with van der Waals surface area (Å²) in [5.41, 5.74) is 5.74. The molecule has 0 atom stereocenters. The number of carboxylic acid groups (broad SMARTS) is 4. The molecule has 2 fully saturated rings. The van der Waals surface area contributed by atoms with E-state index < -0.39 is 73.9 Å². The number of benzene rings is 8. The van der Waals surface area contributed by atoms with Crippen molar-refractivity contribution in [2.45, 2.75) is 64.7 Å². The molecule has 0 aliphatic carbocycles. The lowest BCUT2D eigenvalue weighted by Gasteiger charge is -2.29. The van der Waals surface area contributed by atoms with Gasteiger partial charge in [-0.15, -0.1) is 0 Å². The fourth-order valence-electron chi connectivity index (χ4n) is 15.3. The molecule has 2 saturated heterocycles. The molecule has 0 radical (unpaired) electrons. The summed E-state index contributed by atoms with van der Waals surface area (Å²) in [7, 11) is 1.95. The first-order chi connectivity index (χ1) is 70.8. The van der Waals surface area contributed by atoms with Crippen LogP contribution in [-0.2, 0) is 44.9 Å². The number of piperidine rings is 1. The first kappa shape index (κ1) is 111. The highest BCUT2D eigenvalue weighted by Crippen LogP contribution is 2.37. The van der Waals surface area contributed by atoms with E-state index >= 15 is 0 Å². The van der Waals surface area contributed by atoms with Crippen molar-refractivity contribution in [3.05, 3.63) is 348 Å². The number of ketones is 4. The van der Waals surface area contributed by atoms with Gasteiger partial charge in [-0.1, -0.05) is 190 Å². The first-order valence-electron chi connectivity index (χ1n) is 45.2. The van der Waals surface area contributed by atoms with Crippen molar-refractivity contribution < 1.29 is 96.9 Å². The van der Waals surface area contributed by atoms with E-state index in [1.54, 1.807) is 116 Å². The summed E-state index contributed by atoms with van der Waals surface area (Å²) < 4.78 is 21.6. The summed E-state index contributed by atoms with van der Waals surface area (Å²) in [5, 5.41) is 73.5. The third kappa shape index (κ3) is 32.0. The van der Waals surface area contributed by atoms with E-state index in [-0.39, 0.29) is 160 Å². The van der Waals surface area contributed by atoms with Crippen LogP contribution in [-0.4, -0.2) is 222 Å². The number of amidine groups is 3. The molecule has 8 aromatic carbocycles. The fourth-order valence-corrected chi connectivity index (χ4v) is 16.5. The number of likely N-dealkylation sites (tertiary alicyclic amines) is 2. The van der Waals surface area contributed by atoms with Crippen molar-refractivity contribution in [1.82, 2.24) is 34.6 Å². The molecule has 0 saturated carbocycles. The van der Waals surface area contributed by atoms with Gasteiger partial charge in [-0.2, -0.15) is 0 Å². The molecule has 148 heavy (non-hydrogen) atoms. The molecule has 4 amide bonds. The molecular weight excluding hydrogens is 2070 g/mol. The number of nitrogens with zero attached hydrogens (tertiary/aromatic N) is 8.